The number of hydrogen-bond acceptors (Lipinski definition) is 4. The topological polar surface area (TPSA) is 107 Å². The van der Waals surface area contributed by atoms with Gasteiger partial charge in [0.1, 0.15) is 12.1 Å². The summed E-state index contributed by atoms with van der Waals surface area (Å²) in [7, 11) is 0. The van der Waals surface area contributed by atoms with Crippen molar-refractivity contribution in [1.82, 2.24) is 10.2 Å². The molecule has 2 atom stereocenters. The third-order valence-corrected chi connectivity index (χ3v) is 5.80. The largest absolute Gasteiger partial charge is 0.480 e. The highest BCUT2D eigenvalue weighted by Crippen LogP contribution is 2.32. The van der Waals surface area contributed by atoms with Crippen molar-refractivity contribution < 1.29 is 24.3 Å². The summed E-state index contributed by atoms with van der Waals surface area (Å²) in [6.45, 7) is 3.80. The summed E-state index contributed by atoms with van der Waals surface area (Å²) in [6.07, 6.45) is 0.476. The number of carboxylic acids is 1. The fraction of sp³-hybridized carbons (Fsp3) is 0.304. The van der Waals surface area contributed by atoms with Gasteiger partial charge in [0.2, 0.25) is 0 Å². The maximum absolute atomic E-state index is 13.0. The second kappa shape index (κ2) is 7.86. The number of nitrogens with zero attached hydrogens (tertiary/aromatic N) is 2. The van der Waals surface area contributed by atoms with E-state index in [0.29, 0.717) is 18.7 Å². The second-order valence-electron chi connectivity index (χ2n) is 8.15. The summed E-state index contributed by atoms with van der Waals surface area (Å²) in [5.74, 6) is -2.20. The number of fused-ring (bicyclic) bond motifs is 2. The number of benzene rings is 2. The van der Waals surface area contributed by atoms with Crippen LogP contribution in [0.25, 0.3) is 0 Å². The van der Waals surface area contributed by atoms with Crippen molar-refractivity contribution in [2.24, 2.45) is 5.92 Å². The van der Waals surface area contributed by atoms with Crippen LogP contribution in [-0.2, 0) is 22.6 Å². The van der Waals surface area contributed by atoms with Crippen molar-refractivity contribution in [2.45, 2.75) is 38.9 Å². The molecule has 2 aromatic carbocycles. The van der Waals surface area contributed by atoms with Crippen molar-refractivity contribution >= 4 is 29.5 Å². The summed E-state index contributed by atoms with van der Waals surface area (Å²) in [5.41, 5.74) is 2.73. The van der Waals surface area contributed by atoms with Crippen molar-refractivity contribution in [3.63, 3.8) is 0 Å². The minimum atomic E-state index is -1.11. The number of aliphatic carboxylic acids is 1. The third-order valence-electron chi connectivity index (χ3n) is 5.80. The molecule has 4 rings (SSSR count). The monoisotopic (exact) mass is 421 g/mol. The van der Waals surface area contributed by atoms with Crippen LogP contribution in [0.1, 0.15) is 35.3 Å². The summed E-state index contributed by atoms with van der Waals surface area (Å²) in [4.78, 5) is 52.4. The van der Waals surface area contributed by atoms with Crippen molar-refractivity contribution in [3.8, 4) is 0 Å². The Balaban J connectivity index is 1.52. The summed E-state index contributed by atoms with van der Waals surface area (Å²) in [6, 6.07) is 11.9. The van der Waals surface area contributed by atoms with Gasteiger partial charge in [-0.25, -0.2) is 14.5 Å². The first-order valence-electron chi connectivity index (χ1n) is 10.1. The highest BCUT2D eigenvalue weighted by molar-refractivity contribution is 6.21. The molecular formula is C23H23N3O5. The number of rotatable bonds is 5. The van der Waals surface area contributed by atoms with E-state index in [0.717, 1.165) is 16.0 Å². The Labute approximate surface area is 179 Å². The molecule has 160 valence electrons. The van der Waals surface area contributed by atoms with Crippen LogP contribution in [0.15, 0.2) is 48.5 Å². The maximum atomic E-state index is 13.0. The fourth-order valence-electron chi connectivity index (χ4n) is 4.05. The minimum absolute atomic E-state index is 0.250. The van der Waals surface area contributed by atoms with Gasteiger partial charge in [-0.05, 0) is 41.3 Å². The molecule has 0 bridgehead atoms. The minimum Gasteiger partial charge on any atom is -0.480 e. The Hall–Kier alpha value is -3.68. The molecule has 0 aliphatic carbocycles. The van der Waals surface area contributed by atoms with Crippen LogP contribution >= 0.6 is 0 Å². The standard InChI is InChI=1S/C23H23N3O5/c1-13(2)19(22(29)30)24-20(27)14-7-9-17(10-8-14)26-21(28)18-11-15-5-3-4-6-16(15)12-25(18)23(26)31/h3-10,13,18-19H,11-12H2,1-2H3,(H,24,27)(H,29,30)/t18-,19-/m0/s1. The van der Waals surface area contributed by atoms with Gasteiger partial charge >= 0.3 is 12.0 Å². The Morgan fingerprint density at radius 3 is 2.29 bits per heavy atom. The van der Waals surface area contributed by atoms with E-state index in [9.17, 15) is 24.3 Å². The van der Waals surface area contributed by atoms with Crippen LogP contribution in [0.2, 0.25) is 0 Å². The number of urea groups is 1. The number of anilines is 1. The molecule has 2 aliphatic rings. The number of carboxylic acid groups (broad SMARTS) is 1. The Bertz CT molecular complexity index is 1020. The molecular weight excluding hydrogens is 398 g/mol. The van der Waals surface area contributed by atoms with E-state index in [1.54, 1.807) is 18.7 Å². The first-order chi connectivity index (χ1) is 14.8. The molecule has 2 N–H and O–H groups in total. The van der Waals surface area contributed by atoms with E-state index >= 15 is 0 Å². The lowest BCUT2D eigenvalue weighted by Crippen LogP contribution is -2.44. The van der Waals surface area contributed by atoms with Gasteiger partial charge in [-0.1, -0.05) is 38.1 Å². The van der Waals surface area contributed by atoms with Gasteiger partial charge in [0, 0.05) is 18.5 Å². The summed E-state index contributed by atoms with van der Waals surface area (Å²) < 4.78 is 0. The number of carbonyl (C=O) groups is 4. The van der Waals surface area contributed by atoms with Crippen LogP contribution in [0, 0.1) is 5.92 Å². The van der Waals surface area contributed by atoms with E-state index < -0.39 is 24.0 Å². The van der Waals surface area contributed by atoms with E-state index in [1.807, 2.05) is 24.3 Å². The predicted molar refractivity (Wildman–Crippen MR) is 113 cm³/mol. The van der Waals surface area contributed by atoms with Gasteiger partial charge in [0.25, 0.3) is 11.8 Å². The maximum Gasteiger partial charge on any atom is 0.332 e. The zero-order valence-electron chi connectivity index (χ0n) is 17.2. The normalized spacial score (nSPS) is 18.6. The molecule has 0 spiro atoms. The van der Waals surface area contributed by atoms with Crippen LogP contribution in [-0.4, -0.2) is 45.9 Å². The molecule has 1 saturated heterocycles. The van der Waals surface area contributed by atoms with Gasteiger partial charge in [-0.2, -0.15) is 0 Å². The second-order valence-corrected chi connectivity index (χ2v) is 8.15. The van der Waals surface area contributed by atoms with Gasteiger partial charge in [0.15, 0.2) is 0 Å². The quantitative estimate of drug-likeness (QED) is 0.721. The van der Waals surface area contributed by atoms with Crippen LogP contribution in [0.5, 0.6) is 0 Å². The zero-order chi connectivity index (χ0) is 22.3. The number of amides is 4. The van der Waals surface area contributed by atoms with Crippen LogP contribution in [0.3, 0.4) is 0 Å². The number of nitrogens with one attached hydrogen (secondary N) is 1. The smallest absolute Gasteiger partial charge is 0.332 e. The SMILES string of the molecule is CC(C)[C@H](NC(=O)c1ccc(N2C(=O)[C@@H]3Cc4ccccc4CN3C2=O)cc1)C(=O)O. The molecule has 1 fully saturated rings. The molecule has 8 heteroatoms. The number of imide groups is 1. The summed E-state index contributed by atoms with van der Waals surface area (Å²) in [5, 5.41) is 11.7. The lowest BCUT2D eigenvalue weighted by molar-refractivity contribution is -0.140. The first kappa shape index (κ1) is 20.6. The highest BCUT2D eigenvalue weighted by atomic mass is 16.4. The van der Waals surface area contributed by atoms with Gasteiger partial charge in [-0.15, -0.1) is 0 Å². The lowest BCUT2D eigenvalue weighted by atomic mass is 9.95. The zero-order valence-corrected chi connectivity index (χ0v) is 17.2. The molecule has 31 heavy (non-hydrogen) atoms. The Kier molecular flexibility index (Phi) is 5.22. The van der Waals surface area contributed by atoms with E-state index in [1.165, 1.54) is 24.3 Å². The highest BCUT2D eigenvalue weighted by Gasteiger charge is 2.47. The average Bonchev–Trinajstić information content (AvgIpc) is 2.99. The Morgan fingerprint density at radius 2 is 1.68 bits per heavy atom. The van der Waals surface area contributed by atoms with Gasteiger partial charge in [0.05, 0.1) is 5.69 Å². The van der Waals surface area contributed by atoms with Crippen molar-refractivity contribution in [2.75, 3.05) is 4.90 Å². The number of hydrogen-bond donors (Lipinski definition) is 2. The first-order valence-corrected chi connectivity index (χ1v) is 10.1. The lowest BCUT2D eigenvalue weighted by Gasteiger charge is -2.28. The van der Waals surface area contributed by atoms with E-state index in [-0.39, 0.29) is 23.4 Å². The summed E-state index contributed by atoms with van der Waals surface area (Å²) >= 11 is 0. The predicted octanol–water partition coefficient (Wildman–Crippen LogP) is 2.42. The van der Waals surface area contributed by atoms with E-state index in [2.05, 4.69) is 5.32 Å². The van der Waals surface area contributed by atoms with E-state index in [4.69, 9.17) is 0 Å². The third kappa shape index (κ3) is 3.65. The molecule has 2 aliphatic heterocycles. The molecule has 4 amide bonds. The molecule has 0 unspecified atom stereocenters. The van der Waals surface area contributed by atoms with Crippen molar-refractivity contribution in [3.05, 3.63) is 65.2 Å². The van der Waals surface area contributed by atoms with Gasteiger partial charge < -0.3 is 15.3 Å². The Morgan fingerprint density at radius 1 is 1.03 bits per heavy atom. The average molecular weight is 421 g/mol. The number of carbonyl (C=O) groups excluding carboxylic acids is 3. The fourth-order valence-corrected chi connectivity index (χ4v) is 4.05. The van der Waals surface area contributed by atoms with Crippen LogP contribution < -0.4 is 10.2 Å². The molecule has 0 aromatic heterocycles. The van der Waals surface area contributed by atoms with Crippen molar-refractivity contribution in [1.29, 1.82) is 0 Å². The molecule has 2 heterocycles. The molecule has 8 nitrogen and oxygen atoms in total. The molecule has 0 saturated carbocycles. The molecule has 0 radical (unpaired) electrons. The molecule has 2 aromatic rings. The van der Waals surface area contributed by atoms with Gasteiger partial charge in [-0.3, -0.25) is 9.59 Å². The van der Waals surface area contributed by atoms with Crippen LogP contribution in [0.4, 0.5) is 10.5 Å².